The van der Waals surface area contributed by atoms with Crippen molar-refractivity contribution < 1.29 is 9.90 Å². The second kappa shape index (κ2) is 7.38. The van der Waals surface area contributed by atoms with Crippen LogP contribution in [0, 0.1) is 5.92 Å². The van der Waals surface area contributed by atoms with Gasteiger partial charge in [-0.25, -0.2) is 0 Å². The second-order valence-electron chi connectivity index (χ2n) is 6.46. The lowest BCUT2D eigenvalue weighted by Crippen LogP contribution is -2.52. The van der Waals surface area contributed by atoms with Crippen LogP contribution in [0.25, 0.3) is 0 Å². The van der Waals surface area contributed by atoms with Gasteiger partial charge in [0.25, 0.3) is 0 Å². The lowest BCUT2D eigenvalue weighted by molar-refractivity contribution is -0.126. The Bertz CT molecular complexity index is 316. The molecule has 1 amide bonds. The largest absolute Gasteiger partial charge is 0.396 e. The van der Waals surface area contributed by atoms with Gasteiger partial charge in [0, 0.05) is 19.7 Å². The quantitative estimate of drug-likeness (QED) is 0.619. The molecule has 1 heterocycles. The van der Waals surface area contributed by atoms with Gasteiger partial charge in [0.2, 0.25) is 5.91 Å². The van der Waals surface area contributed by atoms with E-state index >= 15 is 0 Å². The fourth-order valence-corrected chi connectivity index (χ4v) is 3.42. The normalized spacial score (nSPS) is 26.6. The molecule has 1 aliphatic carbocycles. The average Bonchev–Trinajstić information content (AvgIpc) is 2.92. The van der Waals surface area contributed by atoms with Crippen molar-refractivity contribution in [3.05, 3.63) is 0 Å². The van der Waals surface area contributed by atoms with Crippen LogP contribution in [-0.2, 0) is 4.79 Å². The van der Waals surface area contributed by atoms with E-state index in [2.05, 4.69) is 10.2 Å². The standard InChI is InChI=1S/C15H29N3O2/c16-15(6-1-2-7-15)14(20)17-8-4-10-18-9-3-5-13(11-18)12-19/h13,19H,1-12,16H2,(H,17,20)/t13-/m1/s1. The Morgan fingerprint density at radius 3 is 2.80 bits per heavy atom. The number of rotatable bonds is 6. The first-order valence-corrected chi connectivity index (χ1v) is 8.04. The van der Waals surface area contributed by atoms with E-state index in [1.807, 2.05) is 0 Å². The van der Waals surface area contributed by atoms with Gasteiger partial charge in [0.05, 0.1) is 5.54 Å². The lowest BCUT2D eigenvalue weighted by Gasteiger charge is -2.31. The average molecular weight is 283 g/mol. The Labute approximate surface area is 121 Å². The summed E-state index contributed by atoms with van der Waals surface area (Å²) in [6.45, 7) is 4.10. The van der Waals surface area contributed by atoms with Crippen molar-refractivity contribution in [2.75, 3.05) is 32.8 Å². The molecule has 0 bridgehead atoms. The van der Waals surface area contributed by atoms with Crippen LogP contribution in [0.2, 0.25) is 0 Å². The molecule has 1 atom stereocenters. The smallest absolute Gasteiger partial charge is 0.240 e. The number of carbonyl (C=O) groups excluding carboxylic acids is 1. The first-order chi connectivity index (χ1) is 9.64. The lowest BCUT2D eigenvalue weighted by atomic mass is 9.98. The van der Waals surface area contributed by atoms with E-state index in [0.717, 1.165) is 58.2 Å². The molecule has 0 spiro atoms. The van der Waals surface area contributed by atoms with Crippen molar-refractivity contribution in [2.24, 2.45) is 11.7 Å². The van der Waals surface area contributed by atoms with E-state index in [0.29, 0.717) is 19.1 Å². The molecule has 1 saturated carbocycles. The molecule has 2 rings (SSSR count). The molecule has 0 radical (unpaired) electrons. The minimum Gasteiger partial charge on any atom is -0.396 e. The molecule has 2 aliphatic rings. The predicted octanol–water partition coefficient (Wildman–Crippen LogP) is 0.468. The fourth-order valence-electron chi connectivity index (χ4n) is 3.42. The molecule has 116 valence electrons. The summed E-state index contributed by atoms with van der Waals surface area (Å²) < 4.78 is 0. The van der Waals surface area contributed by atoms with Crippen LogP contribution >= 0.6 is 0 Å². The molecule has 0 unspecified atom stereocenters. The minimum atomic E-state index is -0.604. The van der Waals surface area contributed by atoms with E-state index in [1.54, 1.807) is 0 Å². The summed E-state index contributed by atoms with van der Waals surface area (Å²) in [5.74, 6) is 0.464. The minimum absolute atomic E-state index is 0.0295. The van der Waals surface area contributed by atoms with E-state index in [1.165, 1.54) is 6.42 Å². The maximum Gasteiger partial charge on any atom is 0.240 e. The summed E-state index contributed by atoms with van der Waals surface area (Å²) in [4.78, 5) is 14.4. The molecule has 0 aromatic carbocycles. The number of aliphatic hydroxyl groups excluding tert-OH is 1. The van der Waals surface area contributed by atoms with Crippen LogP contribution in [0.1, 0.15) is 44.9 Å². The van der Waals surface area contributed by atoms with Crippen LogP contribution < -0.4 is 11.1 Å². The van der Waals surface area contributed by atoms with Crippen LogP contribution in [-0.4, -0.2) is 54.2 Å². The molecule has 5 nitrogen and oxygen atoms in total. The SMILES string of the molecule is NC1(C(=O)NCCCN2CCC[C@@H](CO)C2)CCCC1. The summed E-state index contributed by atoms with van der Waals surface area (Å²) in [7, 11) is 0. The molecule has 20 heavy (non-hydrogen) atoms. The molecule has 5 heteroatoms. The Morgan fingerprint density at radius 2 is 2.10 bits per heavy atom. The van der Waals surface area contributed by atoms with Crippen molar-refractivity contribution in [2.45, 2.75) is 50.5 Å². The van der Waals surface area contributed by atoms with Gasteiger partial charge in [0.1, 0.15) is 0 Å². The Morgan fingerprint density at radius 1 is 1.35 bits per heavy atom. The highest BCUT2D eigenvalue weighted by molar-refractivity contribution is 5.86. The Balaban J connectivity index is 1.60. The van der Waals surface area contributed by atoms with Crippen molar-refractivity contribution >= 4 is 5.91 Å². The zero-order valence-electron chi connectivity index (χ0n) is 12.4. The van der Waals surface area contributed by atoms with Gasteiger partial charge < -0.3 is 21.1 Å². The molecule has 0 aromatic rings. The predicted molar refractivity (Wildman–Crippen MR) is 79.3 cm³/mol. The van der Waals surface area contributed by atoms with E-state index in [-0.39, 0.29) is 5.91 Å². The van der Waals surface area contributed by atoms with Gasteiger partial charge >= 0.3 is 0 Å². The highest BCUT2D eigenvalue weighted by atomic mass is 16.3. The van der Waals surface area contributed by atoms with Gasteiger partial charge in [-0.15, -0.1) is 0 Å². The fraction of sp³-hybridized carbons (Fsp3) is 0.933. The molecular weight excluding hydrogens is 254 g/mol. The highest BCUT2D eigenvalue weighted by Gasteiger charge is 2.36. The maximum atomic E-state index is 12.0. The van der Waals surface area contributed by atoms with Gasteiger partial charge in [-0.05, 0) is 51.1 Å². The number of carbonyl (C=O) groups is 1. The summed E-state index contributed by atoms with van der Waals surface area (Å²) in [6.07, 6.45) is 7.05. The van der Waals surface area contributed by atoms with Gasteiger partial charge in [0.15, 0.2) is 0 Å². The number of nitrogens with zero attached hydrogens (tertiary/aromatic N) is 1. The number of amides is 1. The van der Waals surface area contributed by atoms with E-state index in [4.69, 9.17) is 5.73 Å². The van der Waals surface area contributed by atoms with Crippen molar-refractivity contribution in [3.8, 4) is 0 Å². The van der Waals surface area contributed by atoms with Gasteiger partial charge in [-0.2, -0.15) is 0 Å². The van der Waals surface area contributed by atoms with Crippen molar-refractivity contribution in [1.82, 2.24) is 10.2 Å². The van der Waals surface area contributed by atoms with Crippen LogP contribution in [0.15, 0.2) is 0 Å². The molecule has 1 aliphatic heterocycles. The van der Waals surface area contributed by atoms with E-state index in [9.17, 15) is 9.90 Å². The first kappa shape index (κ1) is 15.7. The summed E-state index contributed by atoms with van der Waals surface area (Å²) >= 11 is 0. The molecule has 2 fully saturated rings. The topological polar surface area (TPSA) is 78.6 Å². The zero-order chi connectivity index (χ0) is 14.4. The van der Waals surface area contributed by atoms with Crippen LogP contribution in [0.3, 0.4) is 0 Å². The zero-order valence-corrected chi connectivity index (χ0v) is 12.4. The third-order valence-electron chi connectivity index (χ3n) is 4.75. The third-order valence-corrected chi connectivity index (χ3v) is 4.75. The number of hydrogen-bond acceptors (Lipinski definition) is 4. The first-order valence-electron chi connectivity index (χ1n) is 8.04. The third kappa shape index (κ3) is 4.17. The van der Waals surface area contributed by atoms with Crippen molar-refractivity contribution in [1.29, 1.82) is 0 Å². The summed E-state index contributed by atoms with van der Waals surface area (Å²) in [6, 6.07) is 0. The molecule has 1 saturated heterocycles. The maximum absolute atomic E-state index is 12.0. The van der Waals surface area contributed by atoms with Crippen molar-refractivity contribution in [3.63, 3.8) is 0 Å². The molecular formula is C15H29N3O2. The summed E-state index contributed by atoms with van der Waals surface area (Å²) in [5.41, 5.74) is 5.51. The number of hydrogen-bond donors (Lipinski definition) is 3. The Kier molecular flexibility index (Phi) is 5.81. The van der Waals surface area contributed by atoms with Gasteiger partial charge in [-0.3, -0.25) is 4.79 Å². The van der Waals surface area contributed by atoms with Crippen LogP contribution in [0.4, 0.5) is 0 Å². The summed E-state index contributed by atoms with van der Waals surface area (Å²) in [5, 5.41) is 12.2. The number of nitrogens with two attached hydrogens (primary N) is 1. The van der Waals surface area contributed by atoms with E-state index < -0.39 is 5.54 Å². The van der Waals surface area contributed by atoms with Crippen LogP contribution in [0.5, 0.6) is 0 Å². The highest BCUT2D eigenvalue weighted by Crippen LogP contribution is 2.27. The Hall–Kier alpha value is -0.650. The number of nitrogens with one attached hydrogen (secondary N) is 1. The monoisotopic (exact) mass is 283 g/mol. The number of likely N-dealkylation sites (tertiary alicyclic amines) is 1. The molecule has 0 aromatic heterocycles. The molecule has 4 N–H and O–H groups in total. The second-order valence-corrected chi connectivity index (χ2v) is 6.46. The number of piperidine rings is 1. The number of aliphatic hydroxyl groups is 1. The van der Waals surface area contributed by atoms with Gasteiger partial charge in [-0.1, -0.05) is 12.8 Å².